The van der Waals surface area contributed by atoms with Gasteiger partial charge in [0, 0.05) is 30.4 Å². The van der Waals surface area contributed by atoms with E-state index in [0.717, 1.165) is 35.7 Å². The summed E-state index contributed by atoms with van der Waals surface area (Å²) in [6, 6.07) is 15.8. The van der Waals surface area contributed by atoms with Gasteiger partial charge in [-0.1, -0.05) is 35.9 Å². The lowest BCUT2D eigenvalue weighted by Gasteiger charge is -2.11. The number of nitrogens with one attached hydrogen (secondary N) is 2. The van der Waals surface area contributed by atoms with Gasteiger partial charge in [-0.2, -0.15) is 0 Å². The fourth-order valence-corrected chi connectivity index (χ4v) is 2.76. The number of amides is 1. The van der Waals surface area contributed by atoms with Crippen molar-refractivity contribution in [1.29, 1.82) is 0 Å². The van der Waals surface area contributed by atoms with E-state index in [2.05, 4.69) is 10.6 Å². The molecule has 0 aromatic heterocycles. The average molecular weight is 345 g/mol. The molecule has 0 unspecified atom stereocenters. The molecule has 1 amide bonds. The third kappa shape index (κ3) is 4.73. The molecule has 0 aliphatic carbocycles. The lowest BCUT2D eigenvalue weighted by Crippen LogP contribution is -2.33. The van der Waals surface area contributed by atoms with Crippen LogP contribution in [0.15, 0.2) is 48.5 Å². The second kappa shape index (κ2) is 8.18. The van der Waals surface area contributed by atoms with E-state index in [4.69, 9.17) is 16.3 Å². The number of halogens is 1. The molecule has 24 heavy (non-hydrogen) atoms. The number of anilines is 1. The molecule has 1 aliphatic rings. The zero-order chi connectivity index (χ0) is 16.8. The molecular weight excluding hydrogens is 324 g/mol. The molecule has 5 heteroatoms. The third-order valence-corrected chi connectivity index (χ3v) is 4.30. The molecule has 2 aromatic carbocycles. The Bertz CT molecular complexity index is 665. The maximum absolute atomic E-state index is 11.9. The molecule has 1 heterocycles. The van der Waals surface area contributed by atoms with Gasteiger partial charge in [-0.25, -0.2) is 0 Å². The van der Waals surface area contributed by atoms with Crippen LogP contribution in [0.1, 0.15) is 24.0 Å². The summed E-state index contributed by atoms with van der Waals surface area (Å²) in [4.78, 5) is 11.9. The van der Waals surface area contributed by atoms with Gasteiger partial charge in [0.15, 0.2) is 0 Å². The molecule has 126 valence electrons. The molecule has 1 atom stereocenters. The summed E-state index contributed by atoms with van der Waals surface area (Å²) in [5.74, 6) is -0.0163. The molecule has 0 saturated carbocycles. The molecule has 0 radical (unpaired) electrons. The van der Waals surface area contributed by atoms with Crippen LogP contribution in [0.2, 0.25) is 5.02 Å². The predicted molar refractivity (Wildman–Crippen MR) is 96.0 cm³/mol. The summed E-state index contributed by atoms with van der Waals surface area (Å²) < 4.78 is 5.37. The molecule has 0 bridgehead atoms. The summed E-state index contributed by atoms with van der Waals surface area (Å²) in [7, 11) is 0. The minimum absolute atomic E-state index is 0.0163. The Morgan fingerprint density at radius 3 is 2.38 bits per heavy atom. The van der Waals surface area contributed by atoms with Crippen molar-refractivity contribution in [3.63, 3.8) is 0 Å². The second-order valence-corrected chi connectivity index (χ2v) is 6.33. The van der Waals surface area contributed by atoms with E-state index in [1.165, 1.54) is 5.56 Å². The van der Waals surface area contributed by atoms with Crippen LogP contribution in [0.4, 0.5) is 5.69 Å². The largest absolute Gasteiger partial charge is 0.381 e. The average Bonchev–Trinajstić information content (AvgIpc) is 3.15. The Morgan fingerprint density at radius 1 is 1.04 bits per heavy atom. The van der Waals surface area contributed by atoms with Gasteiger partial charge in [-0.15, -0.1) is 0 Å². The van der Waals surface area contributed by atoms with Crippen LogP contribution < -0.4 is 10.6 Å². The first-order chi connectivity index (χ1) is 11.7. The maximum atomic E-state index is 11.9. The molecule has 1 fully saturated rings. The summed E-state index contributed by atoms with van der Waals surface area (Å²) in [6.45, 7) is 1.95. The monoisotopic (exact) mass is 344 g/mol. The maximum Gasteiger partial charge on any atom is 0.249 e. The fourth-order valence-electron chi connectivity index (χ4n) is 2.63. The Labute approximate surface area is 147 Å². The molecular formula is C19H21ClN2O2. The smallest absolute Gasteiger partial charge is 0.249 e. The molecule has 2 N–H and O–H groups in total. The summed E-state index contributed by atoms with van der Waals surface area (Å²) in [6.07, 6.45) is 1.51. The van der Waals surface area contributed by atoms with E-state index in [1.54, 1.807) is 0 Å². The van der Waals surface area contributed by atoms with Gasteiger partial charge in [0.2, 0.25) is 5.91 Å². The van der Waals surface area contributed by atoms with Gasteiger partial charge >= 0.3 is 0 Å². The van der Waals surface area contributed by atoms with Crippen LogP contribution in [0, 0.1) is 0 Å². The van der Waals surface area contributed by atoms with Crippen LogP contribution >= 0.6 is 11.6 Å². The number of rotatable bonds is 6. The van der Waals surface area contributed by atoms with Gasteiger partial charge in [-0.05, 0) is 48.2 Å². The van der Waals surface area contributed by atoms with E-state index in [1.807, 2.05) is 48.5 Å². The number of ether oxygens (including phenoxy) is 1. The minimum Gasteiger partial charge on any atom is -0.381 e. The van der Waals surface area contributed by atoms with Crippen molar-refractivity contribution in [3.8, 4) is 0 Å². The number of carbonyl (C=O) groups excluding carboxylic acids is 1. The lowest BCUT2D eigenvalue weighted by molar-refractivity contribution is -0.130. The first-order valence-corrected chi connectivity index (χ1v) is 8.55. The first-order valence-electron chi connectivity index (χ1n) is 8.17. The van der Waals surface area contributed by atoms with Gasteiger partial charge < -0.3 is 15.4 Å². The third-order valence-electron chi connectivity index (χ3n) is 4.05. The number of carbonyl (C=O) groups is 1. The van der Waals surface area contributed by atoms with E-state index in [-0.39, 0.29) is 12.0 Å². The van der Waals surface area contributed by atoms with E-state index in [0.29, 0.717) is 13.2 Å². The topological polar surface area (TPSA) is 50.4 Å². The number of hydrogen-bond acceptors (Lipinski definition) is 3. The van der Waals surface area contributed by atoms with Gasteiger partial charge in [0.25, 0.3) is 0 Å². The van der Waals surface area contributed by atoms with Crippen molar-refractivity contribution in [1.82, 2.24) is 5.32 Å². The minimum atomic E-state index is -0.273. The molecule has 4 nitrogen and oxygen atoms in total. The highest BCUT2D eigenvalue weighted by atomic mass is 35.5. The highest BCUT2D eigenvalue weighted by molar-refractivity contribution is 6.30. The van der Waals surface area contributed by atoms with Crippen LogP contribution in [0.25, 0.3) is 0 Å². The number of benzene rings is 2. The molecule has 3 rings (SSSR count). The van der Waals surface area contributed by atoms with Gasteiger partial charge in [-0.3, -0.25) is 4.79 Å². The first kappa shape index (κ1) is 16.8. The van der Waals surface area contributed by atoms with E-state index in [9.17, 15) is 4.79 Å². The summed E-state index contributed by atoms with van der Waals surface area (Å²) in [5.41, 5.74) is 3.28. The Balaban J connectivity index is 1.46. The SMILES string of the molecule is O=C(NCc1ccc(NCc2ccc(Cl)cc2)cc1)[C@H]1CCCO1. The second-order valence-electron chi connectivity index (χ2n) is 5.90. The Kier molecular flexibility index (Phi) is 5.72. The highest BCUT2D eigenvalue weighted by Gasteiger charge is 2.22. The highest BCUT2D eigenvalue weighted by Crippen LogP contribution is 2.14. The Morgan fingerprint density at radius 2 is 1.71 bits per heavy atom. The lowest BCUT2D eigenvalue weighted by atomic mass is 10.1. The predicted octanol–water partition coefficient (Wildman–Crippen LogP) is 3.75. The fraction of sp³-hybridized carbons (Fsp3) is 0.316. The van der Waals surface area contributed by atoms with Crippen molar-refractivity contribution in [2.45, 2.75) is 32.0 Å². The van der Waals surface area contributed by atoms with Crippen molar-refractivity contribution < 1.29 is 9.53 Å². The van der Waals surface area contributed by atoms with Crippen LogP contribution in [-0.4, -0.2) is 18.6 Å². The van der Waals surface area contributed by atoms with Crippen molar-refractivity contribution in [2.75, 3.05) is 11.9 Å². The van der Waals surface area contributed by atoms with Crippen molar-refractivity contribution in [2.24, 2.45) is 0 Å². The van der Waals surface area contributed by atoms with Crippen LogP contribution in [-0.2, 0) is 22.6 Å². The molecule has 1 aliphatic heterocycles. The molecule has 2 aromatic rings. The summed E-state index contributed by atoms with van der Waals surface area (Å²) in [5, 5.41) is 7.04. The quantitative estimate of drug-likeness (QED) is 0.839. The zero-order valence-electron chi connectivity index (χ0n) is 13.4. The van der Waals surface area contributed by atoms with Crippen molar-refractivity contribution >= 4 is 23.2 Å². The van der Waals surface area contributed by atoms with Crippen LogP contribution in [0.3, 0.4) is 0 Å². The summed E-state index contributed by atoms with van der Waals surface area (Å²) >= 11 is 5.88. The van der Waals surface area contributed by atoms with Crippen LogP contribution in [0.5, 0.6) is 0 Å². The molecule has 1 saturated heterocycles. The number of hydrogen-bond donors (Lipinski definition) is 2. The zero-order valence-corrected chi connectivity index (χ0v) is 14.2. The van der Waals surface area contributed by atoms with E-state index >= 15 is 0 Å². The standard InChI is InChI=1S/C19H21ClN2O2/c20-16-7-3-14(4-8-16)12-21-17-9-5-15(6-10-17)13-22-19(23)18-2-1-11-24-18/h3-10,18,21H,1-2,11-13H2,(H,22,23)/t18-/m1/s1. The van der Waals surface area contributed by atoms with E-state index < -0.39 is 0 Å². The normalized spacial score (nSPS) is 16.8. The Hall–Kier alpha value is -2.04. The molecule has 0 spiro atoms. The van der Waals surface area contributed by atoms with Gasteiger partial charge in [0.05, 0.1) is 0 Å². The van der Waals surface area contributed by atoms with Gasteiger partial charge in [0.1, 0.15) is 6.10 Å². The van der Waals surface area contributed by atoms with Crippen molar-refractivity contribution in [3.05, 3.63) is 64.7 Å².